The van der Waals surface area contributed by atoms with E-state index < -0.39 is 6.04 Å². The SMILES string of the molecule is CCC(NC=C1C(=O)c2cc(OC)c(OC)cc2N(OC=O)C1C)c1cccc2ccccc12. The molecule has 3 aromatic rings. The van der Waals surface area contributed by atoms with Gasteiger partial charge in [-0.25, -0.2) is 0 Å². The molecule has 1 heterocycles. The number of carbonyl (C=O) groups excluding carboxylic acids is 2. The lowest BCUT2D eigenvalue weighted by atomic mass is 9.91. The molecule has 0 aromatic heterocycles. The molecule has 1 aliphatic heterocycles. The fourth-order valence-corrected chi connectivity index (χ4v) is 4.47. The van der Waals surface area contributed by atoms with Crippen molar-refractivity contribution in [2.45, 2.75) is 32.4 Å². The summed E-state index contributed by atoms with van der Waals surface area (Å²) in [6, 6.07) is 17.2. The number of hydroxylamine groups is 1. The molecular weight excluding hydrogens is 432 g/mol. The third-order valence-corrected chi connectivity index (χ3v) is 6.25. The number of rotatable bonds is 8. The molecule has 0 saturated carbocycles. The Bertz CT molecular complexity index is 1250. The summed E-state index contributed by atoms with van der Waals surface area (Å²) < 4.78 is 10.8. The van der Waals surface area contributed by atoms with Crippen LogP contribution in [0.2, 0.25) is 0 Å². The van der Waals surface area contributed by atoms with Crippen LogP contribution in [0.4, 0.5) is 5.69 Å². The van der Waals surface area contributed by atoms with Gasteiger partial charge in [0.2, 0.25) is 0 Å². The van der Waals surface area contributed by atoms with Crippen LogP contribution in [0.1, 0.15) is 42.2 Å². The molecule has 0 aliphatic carbocycles. The number of ketones is 1. The molecular formula is C27H28N2O5. The molecule has 0 saturated heterocycles. The van der Waals surface area contributed by atoms with Crippen molar-refractivity contribution in [3.05, 3.63) is 77.5 Å². The summed E-state index contributed by atoms with van der Waals surface area (Å²) in [4.78, 5) is 30.1. The van der Waals surface area contributed by atoms with Crippen molar-refractivity contribution in [2.75, 3.05) is 19.3 Å². The van der Waals surface area contributed by atoms with Crippen LogP contribution < -0.4 is 19.9 Å². The molecule has 0 fully saturated rings. The number of fused-ring (bicyclic) bond motifs is 2. The summed E-state index contributed by atoms with van der Waals surface area (Å²) in [6.07, 6.45) is 2.56. The number of hydrogen-bond acceptors (Lipinski definition) is 7. The average molecular weight is 461 g/mol. The minimum atomic E-state index is -0.513. The first kappa shape index (κ1) is 23.2. The number of nitrogens with one attached hydrogen (secondary N) is 1. The molecule has 1 aliphatic rings. The van der Waals surface area contributed by atoms with Gasteiger partial charge in [-0.05, 0) is 35.7 Å². The van der Waals surface area contributed by atoms with Crippen molar-refractivity contribution >= 4 is 28.7 Å². The lowest BCUT2D eigenvalue weighted by molar-refractivity contribution is -0.130. The highest BCUT2D eigenvalue weighted by Gasteiger charge is 2.36. The van der Waals surface area contributed by atoms with Gasteiger partial charge in [0.1, 0.15) is 0 Å². The van der Waals surface area contributed by atoms with Crippen molar-refractivity contribution in [1.82, 2.24) is 5.32 Å². The lowest BCUT2D eigenvalue weighted by Gasteiger charge is -2.35. The Morgan fingerprint density at radius 3 is 2.47 bits per heavy atom. The highest BCUT2D eigenvalue weighted by atomic mass is 16.7. The number of ether oxygens (including phenoxy) is 2. The van der Waals surface area contributed by atoms with E-state index in [2.05, 4.69) is 36.5 Å². The van der Waals surface area contributed by atoms with Crippen LogP contribution in [0.25, 0.3) is 10.8 Å². The topological polar surface area (TPSA) is 77.1 Å². The van der Waals surface area contributed by atoms with Gasteiger partial charge in [-0.2, -0.15) is 5.06 Å². The maximum absolute atomic E-state index is 13.5. The predicted molar refractivity (Wildman–Crippen MR) is 131 cm³/mol. The first-order valence-electron chi connectivity index (χ1n) is 11.2. The third kappa shape index (κ3) is 4.05. The van der Waals surface area contributed by atoms with Crippen LogP contribution in [0, 0.1) is 0 Å². The molecule has 176 valence electrons. The number of methoxy groups -OCH3 is 2. The summed E-state index contributed by atoms with van der Waals surface area (Å²) in [5.74, 6) is 0.687. The van der Waals surface area contributed by atoms with Crippen LogP contribution in [0.5, 0.6) is 11.5 Å². The Balaban J connectivity index is 1.74. The number of benzene rings is 3. The summed E-state index contributed by atoms with van der Waals surface area (Å²) in [6.45, 7) is 4.26. The number of anilines is 1. The Kier molecular flexibility index (Phi) is 6.72. The molecule has 3 aromatic carbocycles. The molecule has 1 N–H and O–H groups in total. The van der Waals surface area contributed by atoms with E-state index in [-0.39, 0.29) is 11.8 Å². The Hall–Kier alpha value is -4.00. The van der Waals surface area contributed by atoms with Crippen LogP contribution in [0.15, 0.2) is 66.4 Å². The van der Waals surface area contributed by atoms with Crippen molar-refractivity contribution in [3.63, 3.8) is 0 Å². The number of carbonyl (C=O) groups is 2. The minimum Gasteiger partial charge on any atom is -0.493 e. The van der Waals surface area contributed by atoms with E-state index >= 15 is 0 Å². The molecule has 4 rings (SSSR count). The quantitative estimate of drug-likeness (QED) is 0.376. The summed E-state index contributed by atoms with van der Waals surface area (Å²) in [7, 11) is 3.02. The maximum Gasteiger partial charge on any atom is 0.320 e. The average Bonchev–Trinajstić information content (AvgIpc) is 2.87. The molecule has 0 amide bonds. The van der Waals surface area contributed by atoms with E-state index in [9.17, 15) is 9.59 Å². The third-order valence-electron chi connectivity index (χ3n) is 6.25. The van der Waals surface area contributed by atoms with E-state index in [0.29, 0.717) is 34.8 Å². The van der Waals surface area contributed by atoms with Gasteiger partial charge < -0.3 is 19.6 Å². The molecule has 0 spiro atoms. The Morgan fingerprint density at radius 1 is 1.06 bits per heavy atom. The van der Waals surface area contributed by atoms with Crippen molar-refractivity contribution in [1.29, 1.82) is 0 Å². The Morgan fingerprint density at radius 2 is 1.76 bits per heavy atom. The minimum absolute atomic E-state index is 0.00848. The summed E-state index contributed by atoms with van der Waals surface area (Å²) >= 11 is 0. The molecule has 7 nitrogen and oxygen atoms in total. The predicted octanol–water partition coefficient (Wildman–Crippen LogP) is 4.96. The fraction of sp³-hybridized carbons (Fsp3) is 0.259. The second-order valence-electron chi connectivity index (χ2n) is 8.05. The molecule has 0 radical (unpaired) electrons. The first-order chi connectivity index (χ1) is 16.5. The normalized spacial score (nSPS) is 17.3. The number of Topliss-reactive ketones (excluding diaryl/α,β-unsaturated/α-hetero) is 1. The number of nitrogens with zero attached hydrogens (tertiary/aromatic N) is 1. The second kappa shape index (κ2) is 9.87. The fourth-order valence-electron chi connectivity index (χ4n) is 4.47. The Labute approximate surface area is 198 Å². The van der Waals surface area contributed by atoms with E-state index in [4.69, 9.17) is 14.3 Å². The zero-order valence-corrected chi connectivity index (χ0v) is 19.7. The second-order valence-corrected chi connectivity index (χ2v) is 8.05. The summed E-state index contributed by atoms with van der Waals surface area (Å²) in [5, 5.41) is 7.19. The van der Waals surface area contributed by atoms with Gasteiger partial charge in [0.15, 0.2) is 17.3 Å². The van der Waals surface area contributed by atoms with Gasteiger partial charge in [-0.3, -0.25) is 9.59 Å². The van der Waals surface area contributed by atoms with Crippen LogP contribution in [-0.2, 0) is 9.63 Å². The van der Waals surface area contributed by atoms with E-state index in [0.717, 1.165) is 17.4 Å². The molecule has 0 bridgehead atoms. The van der Waals surface area contributed by atoms with Crippen molar-refractivity contribution < 1.29 is 23.9 Å². The highest BCUT2D eigenvalue weighted by molar-refractivity contribution is 6.15. The van der Waals surface area contributed by atoms with Gasteiger partial charge in [0.25, 0.3) is 0 Å². The van der Waals surface area contributed by atoms with Crippen LogP contribution in [0.3, 0.4) is 0 Å². The van der Waals surface area contributed by atoms with E-state index in [1.54, 1.807) is 18.3 Å². The molecule has 2 unspecified atom stereocenters. The highest BCUT2D eigenvalue weighted by Crippen LogP contribution is 2.41. The zero-order chi connectivity index (χ0) is 24.2. The largest absolute Gasteiger partial charge is 0.493 e. The van der Waals surface area contributed by atoms with Gasteiger partial charge in [-0.15, -0.1) is 0 Å². The smallest absolute Gasteiger partial charge is 0.320 e. The van der Waals surface area contributed by atoms with Gasteiger partial charge >= 0.3 is 6.47 Å². The van der Waals surface area contributed by atoms with Crippen LogP contribution >= 0.6 is 0 Å². The summed E-state index contributed by atoms with van der Waals surface area (Å²) in [5.41, 5.74) is 2.44. The van der Waals surface area contributed by atoms with Crippen molar-refractivity contribution in [3.8, 4) is 11.5 Å². The zero-order valence-electron chi connectivity index (χ0n) is 19.7. The standard InChI is InChI=1S/C27H28N2O5/c1-5-23(20-12-8-10-18-9-6-7-11-19(18)20)28-15-22-17(2)29(34-16-30)24-14-26(33-4)25(32-3)13-21(24)27(22)31/h6-17,23,28H,5H2,1-4H3. The molecule has 7 heteroatoms. The first-order valence-corrected chi connectivity index (χ1v) is 11.2. The van der Waals surface area contributed by atoms with Crippen molar-refractivity contribution in [2.24, 2.45) is 0 Å². The lowest BCUT2D eigenvalue weighted by Crippen LogP contribution is -2.42. The van der Waals surface area contributed by atoms with E-state index in [1.807, 2.05) is 25.1 Å². The molecule has 34 heavy (non-hydrogen) atoms. The van der Waals surface area contributed by atoms with E-state index in [1.165, 1.54) is 24.7 Å². The van der Waals surface area contributed by atoms with Gasteiger partial charge in [0, 0.05) is 17.8 Å². The van der Waals surface area contributed by atoms with Gasteiger partial charge in [-0.1, -0.05) is 49.4 Å². The monoisotopic (exact) mass is 460 g/mol. The maximum atomic E-state index is 13.5. The van der Waals surface area contributed by atoms with Crippen LogP contribution in [-0.4, -0.2) is 32.5 Å². The van der Waals surface area contributed by atoms with Gasteiger partial charge in [0.05, 0.1) is 37.6 Å². The molecule has 2 atom stereocenters. The number of hydrogen-bond donors (Lipinski definition) is 1.